The third-order valence-corrected chi connectivity index (χ3v) is 4.00. The van der Waals surface area contributed by atoms with Crippen molar-refractivity contribution >= 4 is 29.2 Å². The molecule has 1 aliphatic rings. The first kappa shape index (κ1) is 17.4. The van der Waals surface area contributed by atoms with E-state index in [0.717, 1.165) is 18.4 Å². The van der Waals surface area contributed by atoms with E-state index in [0.29, 0.717) is 33.8 Å². The normalized spacial score (nSPS) is 21.1. The molecule has 1 saturated carbocycles. The Kier molecular flexibility index (Phi) is 6.46. The Morgan fingerprint density at radius 1 is 1.45 bits per heavy atom. The molecule has 0 spiro atoms. The molecule has 0 unspecified atom stereocenters. The Labute approximate surface area is 146 Å². The molecule has 1 aromatic rings. The minimum atomic E-state index is 0. The van der Waals surface area contributed by atoms with Crippen LogP contribution < -0.4 is 35.3 Å². The summed E-state index contributed by atoms with van der Waals surface area (Å²) in [5.41, 5.74) is 8.82. The average molecular weight is 298 g/mol. The molecule has 0 amide bonds. The second-order valence-electron chi connectivity index (χ2n) is 4.90. The summed E-state index contributed by atoms with van der Waals surface area (Å²) in [5.74, 6) is 0.669. The molecule has 3 nitrogen and oxygen atoms in total. The second-order valence-corrected chi connectivity index (χ2v) is 5.31. The molecule has 1 fully saturated rings. The largest absolute Gasteiger partial charge is 1.00 e. The summed E-state index contributed by atoms with van der Waals surface area (Å²) in [4.78, 5) is 0. The Balaban J connectivity index is 0.00000200. The molecule has 4 N–H and O–H groups in total. The fourth-order valence-corrected chi connectivity index (χ4v) is 2.79. The van der Waals surface area contributed by atoms with E-state index < -0.39 is 0 Å². The predicted octanol–water partition coefficient (Wildman–Crippen LogP) is 0.817. The maximum Gasteiger partial charge on any atom is 1.00 e. The van der Waals surface area contributed by atoms with Gasteiger partial charge in [0.15, 0.2) is 0 Å². The van der Waals surface area contributed by atoms with Gasteiger partial charge >= 0.3 is 29.6 Å². The number of anilines is 1. The second kappa shape index (κ2) is 7.41. The summed E-state index contributed by atoms with van der Waals surface area (Å²) in [6, 6.07) is 3.62. The van der Waals surface area contributed by atoms with Crippen LogP contribution in [-0.2, 0) is 0 Å². The van der Waals surface area contributed by atoms with Gasteiger partial charge in [-0.3, -0.25) is 6.08 Å². The van der Waals surface area contributed by atoms with E-state index in [-0.39, 0.29) is 29.6 Å². The van der Waals surface area contributed by atoms with Crippen molar-refractivity contribution in [3.05, 3.63) is 40.4 Å². The zero-order chi connectivity index (χ0) is 14.0. The van der Waals surface area contributed by atoms with Gasteiger partial charge in [0.05, 0.1) is 0 Å². The number of rotatable bonds is 4. The monoisotopic (exact) mass is 297 g/mol. The first-order chi connectivity index (χ1) is 9.06. The molecule has 0 radical (unpaired) electrons. The van der Waals surface area contributed by atoms with E-state index in [1.54, 1.807) is 19.1 Å². The van der Waals surface area contributed by atoms with Gasteiger partial charge in [0.25, 0.3) is 0 Å². The van der Waals surface area contributed by atoms with Crippen LogP contribution in [0.2, 0.25) is 5.02 Å². The van der Waals surface area contributed by atoms with Gasteiger partial charge in [-0.2, -0.15) is 0 Å². The summed E-state index contributed by atoms with van der Waals surface area (Å²) < 4.78 is 0. The molecule has 5 heteroatoms. The summed E-state index contributed by atoms with van der Waals surface area (Å²) in [7, 11) is 0. The molecule has 0 atom stereocenters. The van der Waals surface area contributed by atoms with Crippen LogP contribution in [0.1, 0.15) is 36.8 Å². The number of nitrogens with one attached hydrogen (secondary N) is 2. The Morgan fingerprint density at radius 3 is 2.65 bits per heavy atom. The number of allylic oxidation sites excluding steroid dienone is 2. The van der Waals surface area contributed by atoms with Crippen molar-refractivity contribution in [2.75, 3.05) is 5.73 Å². The molecule has 0 saturated heterocycles. The summed E-state index contributed by atoms with van der Waals surface area (Å²) >= 11 is 6.24. The van der Waals surface area contributed by atoms with Gasteiger partial charge in [-0.25, -0.2) is 6.08 Å². The first-order valence-corrected chi connectivity index (χ1v) is 6.63. The SMILES string of the molecule is C[C-]=CC(=N)C1CC(c2cc(N)c(C=N)cc2Cl)C1.[Na+]. The number of hydrogen-bond acceptors (Lipinski definition) is 3. The van der Waals surface area contributed by atoms with Gasteiger partial charge < -0.3 is 16.6 Å². The topological polar surface area (TPSA) is 73.7 Å². The van der Waals surface area contributed by atoms with Gasteiger partial charge in [0.2, 0.25) is 0 Å². The molecule has 1 aromatic carbocycles. The number of nitrogens with two attached hydrogens (primary N) is 1. The average Bonchev–Trinajstić information content (AvgIpc) is 2.31. The molecule has 0 heterocycles. The van der Waals surface area contributed by atoms with Crippen molar-refractivity contribution < 1.29 is 29.6 Å². The maximum atomic E-state index is 7.85. The summed E-state index contributed by atoms with van der Waals surface area (Å²) in [6.45, 7) is 1.80. The van der Waals surface area contributed by atoms with Crippen molar-refractivity contribution in [1.29, 1.82) is 10.8 Å². The van der Waals surface area contributed by atoms with E-state index in [4.69, 9.17) is 28.2 Å². The molecule has 20 heavy (non-hydrogen) atoms. The van der Waals surface area contributed by atoms with E-state index in [1.807, 2.05) is 6.07 Å². The fourth-order valence-electron chi connectivity index (χ4n) is 2.46. The standard InChI is InChI=1S/C15H17ClN3.Na/c1-2-3-14(18)10-4-9(5-10)12-7-15(19)11(8-17)6-13(12)16;/h3,6-10,17-18H,4-5,19H2,1H3;/q-1;+1. The first-order valence-electron chi connectivity index (χ1n) is 6.25. The quantitative estimate of drug-likeness (QED) is 0.327. The molecule has 1 aliphatic carbocycles. The smallest absolute Gasteiger partial charge is 0.399 e. The number of nitrogen functional groups attached to an aromatic ring is 1. The maximum absolute atomic E-state index is 7.85. The zero-order valence-electron chi connectivity index (χ0n) is 11.8. The third kappa shape index (κ3) is 3.53. The molecule has 0 aromatic heterocycles. The Morgan fingerprint density at radius 2 is 2.10 bits per heavy atom. The van der Waals surface area contributed by atoms with Gasteiger partial charge in [0, 0.05) is 22.5 Å². The molecule has 100 valence electrons. The minimum absolute atomic E-state index is 0. The van der Waals surface area contributed by atoms with Crippen molar-refractivity contribution in [2.45, 2.75) is 25.7 Å². The van der Waals surface area contributed by atoms with Crippen molar-refractivity contribution in [1.82, 2.24) is 0 Å². The fraction of sp³-hybridized carbons (Fsp3) is 0.333. The predicted molar refractivity (Wildman–Crippen MR) is 80.4 cm³/mol. The van der Waals surface area contributed by atoms with E-state index in [1.165, 1.54) is 6.21 Å². The van der Waals surface area contributed by atoms with E-state index >= 15 is 0 Å². The van der Waals surface area contributed by atoms with Crippen LogP contribution in [0.5, 0.6) is 0 Å². The molecular weight excluding hydrogens is 281 g/mol. The molecule has 2 rings (SSSR count). The Bertz CT molecular complexity index is 548. The van der Waals surface area contributed by atoms with Crippen LogP contribution in [0.25, 0.3) is 0 Å². The van der Waals surface area contributed by atoms with Crippen LogP contribution in [-0.4, -0.2) is 11.9 Å². The van der Waals surface area contributed by atoms with Crippen LogP contribution in [0.4, 0.5) is 5.69 Å². The molecule has 0 bridgehead atoms. The summed E-state index contributed by atoms with van der Waals surface area (Å²) in [6.07, 6.45) is 7.69. The zero-order valence-corrected chi connectivity index (χ0v) is 14.6. The number of hydrogen-bond donors (Lipinski definition) is 3. The third-order valence-electron chi connectivity index (χ3n) is 3.68. The van der Waals surface area contributed by atoms with Gasteiger partial charge in [-0.1, -0.05) is 30.4 Å². The van der Waals surface area contributed by atoms with E-state index in [9.17, 15) is 0 Å². The van der Waals surface area contributed by atoms with Crippen LogP contribution in [0.15, 0.2) is 18.2 Å². The number of benzene rings is 1. The van der Waals surface area contributed by atoms with E-state index in [2.05, 4.69) is 6.08 Å². The van der Waals surface area contributed by atoms with Crippen molar-refractivity contribution in [3.63, 3.8) is 0 Å². The molecular formula is C15H17ClN3Na. The van der Waals surface area contributed by atoms with Crippen molar-refractivity contribution in [2.24, 2.45) is 5.92 Å². The van der Waals surface area contributed by atoms with Crippen molar-refractivity contribution in [3.8, 4) is 0 Å². The van der Waals surface area contributed by atoms with Gasteiger partial charge in [-0.15, -0.1) is 12.6 Å². The van der Waals surface area contributed by atoms with Crippen LogP contribution in [0.3, 0.4) is 0 Å². The molecule has 0 aliphatic heterocycles. The summed E-state index contributed by atoms with van der Waals surface area (Å²) in [5, 5.41) is 15.8. The van der Waals surface area contributed by atoms with Crippen LogP contribution in [0, 0.1) is 22.8 Å². The Hall–Kier alpha value is -0.610. The minimum Gasteiger partial charge on any atom is -0.399 e. The van der Waals surface area contributed by atoms with Gasteiger partial charge in [-0.05, 0) is 23.6 Å². The van der Waals surface area contributed by atoms with Gasteiger partial charge in [0.1, 0.15) is 0 Å². The number of halogens is 1. The van der Waals surface area contributed by atoms with Crippen LogP contribution >= 0.6 is 11.6 Å².